The Morgan fingerprint density at radius 2 is 2.12 bits per heavy atom. The van der Waals surface area contributed by atoms with Gasteiger partial charge >= 0.3 is 0 Å². The second kappa shape index (κ2) is 5.45. The smallest absolute Gasteiger partial charge is 0.135 e. The maximum Gasteiger partial charge on any atom is 0.135 e. The lowest BCUT2D eigenvalue weighted by atomic mass is 9.90. The van der Waals surface area contributed by atoms with Crippen LogP contribution in [-0.2, 0) is 0 Å². The van der Waals surface area contributed by atoms with Gasteiger partial charge in [-0.3, -0.25) is 0 Å². The van der Waals surface area contributed by atoms with Crippen LogP contribution in [0.1, 0.15) is 32.8 Å². The molecule has 0 bridgehead atoms. The highest BCUT2D eigenvalue weighted by molar-refractivity contribution is 7.80. The summed E-state index contributed by atoms with van der Waals surface area (Å²) in [5, 5.41) is 3.22. The summed E-state index contributed by atoms with van der Waals surface area (Å²) in [7, 11) is 0. The molecule has 4 heteroatoms. The second-order valence-electron chi connectivity index (χ2n) is 4.93. The molecule has 0 unspecified atom stereocenters. The van der Waals surface area contributed by atoms with E-state index in [1.807, 2.05) is 0 Å². The molecule has 1 aromatic carbocycles. The lowest BCUT2D eigenvalue weighted by molar-refractivity contribution is 0.377. The number of nitrogens with two attached hydrogens (primary N) is 1. The quantitative estimate of drug-likeness (QED) is 0.792. The van der Waals surface area contributed by atoms with E-state index in [-0.39, 0.29) is 16.2 Å². The summed E-state index contributed by atoms with van der Waals surface area (Å²) in [4.78, 5) is 0.0861. The fraction of sp³-hybridized carbons (Fsp3) is 0.462. The maximum absolute atomic E-state index is 13.6. The molecule has 0 aliphatic heterocycles. The summed E-state index contributed by atoms with van der Waals surface area (Å²) < 4.78 is 13.6. The van der Waals surface area contributed by atoms with Crippen molar-refractivity contribution < 1.29 is 4.39 Å². The number of halogens is 1. The first-order chi connectivity index (χ1) is 7.85. The molecule has 0 heterocycles. The minimum atomic E-state index is -0.378. The van der Waals surface area contributed by atoms with Crippen LogP contribution in [0.15, 0.2) is 18.2 Å². The number of nitrogens with one attached hydrogen (secondary N) is 1. The molecule has 0 spiro atoms. The van der Waals surface area contributed by atoms with Gasteiger partial charge in [0.15, 0.2) is 0 Å². The van der Waals surface area contributed by atoms with E-state index in [2.05, 4.69) is 26.1 Å². The van der Waals surface area contributed by atoms with Gasteiger partial charge in [-0.15, -0.1) is 0 Å². The van der Waals surface area contributed by atoms with E-state index < -0.39 is 0 Å². The van der Waals surface area contributed by atoms with E-state index >= 15 is 0 Å². The molecule has 0 aliphatic carbocycles. The van der Waals surface area contributed by atoms with Crippen LogP contribution in [0, 0.1) is 11.2 Å². The molecular weight excluding hydrogens is 235 g/mol. The summed E-state index contributed by atoms with van der Waals surface area (Å²) in [5.74, 6) is -0.378. The molecule has 94 valence electrons. The number of anilines is 1. The fourth-order valence-corrected chi connectivity index (χ4v) is 1.46. The summed E-state index contributed by atoms with van der Waals surface area (Å²) in [6, 6.07) is 4.84. The molecule has 0 radical (unpaired) electrons. The molecule has 17 heavy (non-hydrogen) atoms. The van der Waals surface area contributed by atoms with Crippen LogP contribution in [0.5, 0.6) is 0 Å². The highest BCUT2D eigenvalue weighted by Gasteiger charge is 2.14. The van der Waals surface area contributed by atoms with Gasteiger partial charge in [-0.2, -0.15) is 0 Å². The Morgan fingerprint density at radius 3 is 2.59 bits per heavy atom. The molecule has 3 N–H and O–H groups in total. The monoisotopic (exact) mass is 254 g/mol. The van der Waals surface area contributed by atoms with Crippen LogP contribution in [0.25, 0.3) is 0 Å². The number of rotatable bonds is 5. The van der Waals surface area contributed by atoms with Gasteiger partial charge in [-0.1, -0.05) is 33.0 Å². The highest BCUT2D eigenvalue weighted by atomic mass is 32.1. The molecule has 0 saturated heterocycles. The minimum absolute atomic E-state index is 0.0861. The zero-order chi connectivity index (χ0) is 13.1. The summed E-state index contributed by atoms with van der Waals surface area (Å²) in [5.41, 5.74) is 6.64. The van der Waals surface area contributed by atoms with Crippen molar-refractivity contribution in [2.45, 2.75) is 27.2 Å². The SMILES string of the molecule is CCC(C)(C)CNc1ccc(C(N)=S)c(F)c1. The first-order valence-electron chi connectivity index (χ1n) is 5.69. The zero-order valence-corrected chi connectivity index (χ0v) is 11.3. The van der Waals surface area contributed by atoms with Crippen LogP contribution >= 0.6 is 12.2 Å². The third kappa shape index (κ3) is 3.97. The van der Waals surface area contributed by atoms with Gasteiger partial charge in [-0.05, 0) is 30.0 Å². The van der Waals surface area contributed by atoms with Crippen molar-refractivity contribution in [2.75, 3.05) is 11.9 Å². The van der Waals surface area contributed by atoms with E-state index in [0.29, 0.717) is 5.56 Å². The van der Waals surface area contributed by atoms with Crippen LogP contribution < -0.4 is 11.1 Å². The van der Waals surface area contributed by atoms with Gasteiger partial charge in [0.05, 0.1) is 0 Å². The Hall–Kier alpha value is -1.16. The van der Waals surface area contributed by atoms with Crippen molar-refractivity contribution in [1.82, 2.24) is 0 Å². The summed E-state index contributed by atoms with van der Waals surface area (Å²) in [6.45, 7) is 7.27. The molecular formula is C13H19FN2S. The van der Waals surface area contributed by atoms with Crippen molar-refractivity contribution in [3.8, 4) is 0 Å². The molecule has 0 aliphatic rings. The summed E-state index contributed by atoms with van der Waals surface area (Å²) in [6.07, 6.45) is 1.06. The van der Waals surface area contributed by atoms with Crippen molar-refractivity contribution >= 4 is 22.9 Å². The van der Waals surface area contributed by atoms with Gasteiger partial charge in [-0.25, -0.2) is 4.39 Å². The van der Waals surface area contributed by atoms with Crippen LogP contribution in [-0.4, -0.2) is 11.5 Å². The van der Waals surface area contributed by atoms with Gasteiger partial charge in [0.25, 0.3) is 0 Å². The van der Waals surface area contributed by atoms with Crippen molar-refractivity contribution in [3.05, 3.63) is 29.6 Å². The average molecular weight is 254 g/mol. The molecule has 1 aromatic rings. The van der Waals surface area contributed by atoms with Crippen LogP contribution in [0.2, 0.25) is 0 Å². The molecule has 1 rings (SSSR count). The molecule has 0 amide bonds. The molecule has 0 saturated carbocycles. The predicted octanol–water partition coefficient (Wildman–Crippen LogP) is 3.31. The zero-order valence-electron chi connectivity index (χ0n) is 10.5. The van der Waals surface area contributed by atoms with E-state index in [1.54, 1.807) is 12.1 Å². The Labute approximate surface area is 107 Å². The van der Waals surface area contributed by atoms with Gasteiger partial charge in [0.1, 0.15) is 10.8 Å². The molecule has 0 aromatic heterocycles. The van der Waals surface area contributed by atoms with Crippen LogP contribution in [0.4, 0.5) is 10.1 Å². The van der Waals surface area contributed by atoms with E-state index in [9.17, 15) is 4.39 Å². The van der Waals surface area contributed by atoms with E-state index in [0.717, 1.165) is 18.7 Å². The standard InChI is InChI=1S/C13H19FN2S/c1-4-13(2,3)8-16-9-5-6-10(12(15)17)11(14)7-9/h5-7,16H,4,8H2,1-3H3,(H2,15,17). The van der Waals surface area contributed by atoms with Crippen molar-refractivity contribution in [2.24, 2.45) is 11.1 Å². The Morgan fingerprint density at radius 1 is 1.47 bits per heavy atom. The Kier molecular flexibility index (Phi) is 4.46. The van der Waals surface area contributed by atoms with Crippen LogP contribution in [0.3, 0.4) is 0 Å². The minimum Gasteiger partial charge on any atom is -0.389 e. The second-order valence-corrected chi connectivity index (χ2v) is 5.37. The molecule has 0 atom stereocenters. The van der Waals surface area contributed by atoms with Crippen molar-refractivity contribution in [3.63, 3.8) is 0 Å². The number of hydrogen-bond acceptors (Lipinski definition) is 2. The highest BCUT2D eigenvalue weighted by Crippen LogP contribution is 2.21. The number of hydrogen-bond donors (Lipinski definition) is 2. The van der Waals surface area contributed by atoms with Crippen molar-refractivity contribution in [1.29, 1.82) is 0 Å². The average Bonchev–Trinajstić information content (AvgIpc) is 2.26. The maximum atomic E-state index is 13.6. The first-order valence-corrected chi connectivity index (χ1v) is 6.10. The number of benzene rings is 1. The first kappa shape index (κ1) is 13.9. The topological polar surface area (TPSA) is 38.0 Å². The third-order valence-electron chi connectivity index (χ3n) is 2.96. The van der Waals surface area contributed by atoms with Gasteiger partial charge in [0.2, 0.25) is 0 Å². The normalized spacial score (nSPS) is 11.3. The lowest BCUT2D eigenvalue weighted by Crippen LogP contribution is -2.22. The fourth-order valence-electron chi connectivity index (χ4n) is 1.29. The predicted molar refractivity (Wildman–Crippen MR) is 74.8 cm³/mol. The van der Waals surface area contributed by atoms with E-state index in [1.165, 1.54) is 6.07 Å². The largest absolute Gasteiger partial charge is 0.389 e. The Bertz CT molecular complexity index is 416. The molecule has 0 fully saturated rings. The lowest BCUT2D eigenvalue weighted by Gasteiger charge is -2.23. The molecule has 2 nitrogen and oxygen atoms in total. The van der Waals surface area contributed by atoms with Gasteiger partial charge < -0.3 is 11.1 Å². The summed E-state index contributed by atoms with van der Waals surface area (Å²) >= 11 is 4.75. The Balaban J connectivity index is 2.75. The third-order valence-corrected chi connectivity index (χ3v) is 3.18. The van der Waals surface area contributed by atoms with E-state index in [4.69, 9.17) is 18.0 Å². The number of thiocarbonyl (C=S) groups is 1. The van der Waals surface area contributed by atoms with Gasteiger partial charge in [0, 0.05) is 17.8 Å².